The second-order valence-electron chi connectivity index (χ2n) is 3.13. The Morgan fingerprint density at radius 2 is 1.85 bits per heavy atom. The Bertz CT molecular complexity index is 259. The van der Waals surface area contributed by atoms with Crippen molar-refractivity contribution in [3.63, 3.8) is 0 Å². The van der Waals surface area contributed by atoms with Crippen LogP contribution < -0.4 is 5.73 Å². The van der Waals surface area contributed by atoms with Crippen molar-refractivity contribution in [2.45, 2.75) is 12.8 Å². The molecule has 0 bridgehead atoms. The molecular weight excluding hydrogens is 172 g/mol. The Morgan fingerprint density at radius 1 is 1.31 bits per heavy atom. The summed E-state index contributed by atoms with van der Waals surface area (Å²) >= 11 is 0. The highest BCUT2D eigenvalue weighted by molar-refractivity contribution is 5.20. The third-order valence-corrected chi connectivity index (χ3v) is 2.13. The van der Waals surface area contributed by atoms with Crippen molar-refractivity contribution in [2.75, 3.05) is 6.54 Å². The first-order valence-electron chi connectivity index (χ1n) is 4.22. The van der Waals surface area contributed by atoms with Gasteiger partial charge in [-0.1, -0.05) is 37.3 Å². The van der Waals surface area contributed by atoms with Gasteiger partial charge in [-0.3, -0.25) is 0 Å². The van der Waals surface area contributed by atoms with Gasteiger partial charge in [-0.15, -0.1) is 0 Å². The average molecular weight is 185 g/mol. The van der Waals surface area contributed by atoms with Crippen molar-refractivity contribution >= 4 is 0 Å². The molecule has 1 aromatic carbocycles. The largest absolute Gasteiger partial charge is 0.330 e. The molecule has 0 spiro atoms. The number of rotatable bonds is 3. The minimum absolute atomic E-state index is 0.0120. The molecule has 1 rings (SSSR count). The van der Waals surface area contributed by atoms with Gasteiger partial charge in [0, 0.05) is 18.0 Å². The van der Waals surface area contributed by atoms with Crippen LogP contribution >= 0.6 is 0 Å². The van der Waals surface area contributed by atoms with Gasteiger partial charge < -0.3 is 5.73 Å². The zero-order valence-electron chi connectivity index (χ0n) is 7.50. The van der Waals surface area contributed by atoms with Crippen LogP contribution in [0.2, 0.25) is 0 Å². The molecule has 13 heavy (non-hydrogen) atoms. The molecule has 0 aliphatic heterocycles. The summed E-state index contributed by atoms with van der Waals surface area (Å²) in [7, 11) is 0. The molecule has 0 radical (unpaired) electrons. The van der Waals surface area contributed by atoms with E-state index in [9.17, 15) is 8.78 Å². The summed E-state index contributed by atoms with van der Waals surface area (Å²) in [6.07, 6.45) is 0. The zero-order chi connectivity index (χ0) is 9.90. The summed E-state index contributed by atoms with van der Waals surface area (Å²) in [5.74, 6) is -3.65. The Labute approximate surface area is 76.6 Å². The highest BCUT2D eigenvalue weighted by atomic mass is 19.3. The second-order valence-corrected chi connectivity index (χ2v) is 3.13. The van der Waals surface area contributed by atoms with Gasteiger partial charge in [0.1, 0.15) is 0 Å². The van der Waals surface area contributed by atoms with Crippen molar-refractivity contribution in [1.29, 1.82) is 0 Å². The maximum Gasteiger partial charge on any atom is 0.276 e. The number of halogens is 2. The molecular formula is C10H13F2N. The van der Waals surface area contributed by atoms with E-state index < -0.39 is 11.8 Å². The van der Waals surface area contributed by atoms with Gasteiger partial charge in [-0.2, -0.15) is 0 Å². The first-order valence-corrected chi connectivity index (χ1v) is 4.22. The average Bonchev–Trinajstić information content (AvgIpc) is 2.18. The van der Waals surface area contributed by atoms with E-state index in [-0.39, 0.29) is 12.1 Å². The third kappa shape index (κ3) is 2.04. The zero-order valence-corrected chi connectivity index (χ0v) is 7.50. The SMILES string of the molecule is C[C@@H](CN)C(F)(F)c1ccccc1. The minimum Gasteiger partial charge on any atom is -0.330 e. The Balaban J connectivity index is 2.93. The van der Waals surface area contributed by atoms with E-state index in [0.29, 0.717) is 0 Å². The predicted molar refractivity (Wildman–Crippen MR) is 48.6 cm³/mol. The predicted octanol–water partition coefficient (Wildman–Crippen LogP) is 2.37. The molecule has 0 unspecified atom stereocenters. The summed E-state index contributed by atoms with van der Waals surface area (Å²) < 4.78 is 26.9. The van der Waals surface area contributed by atoms with Crippen LogP contribution in [-0.2, 0) is 5.92 Å². The number of nitrogens with two attached hydrogens (primary N) is 1. The van der Waals surface area contributed by atoms with Gasteiger partial charge in [0.15, 0.2) is 0 Å². The van der Waals surface area contributed by atoms with Crippen LogP contribution in [0.1, 0.15) is 12.5 Å². The van der Waals surface area contributed by atoms with Crippen LogP contribution in [0.5, 0.6) is 0 Å². The van der Waals surface area contributed by atoms with E-state index in [1.54, 1.807) is 18.2 Å². The lowest BCUT2D eigenvalue weighted by atomic mass is 9.96. The maximum absolute atomic E-state index is 13.5. The van der Waals surface area contributed by atoms with Gasteiger partial charge in [0.2, 0.25) is 0 Å². The van der Waals surface area contributed by atoms with Crippen LogP contribution in [-0.4, -0.2) is 6.54 Å². The van der Waals surface area contributed by atoms with E-state index in [4.69, 9.17) is 5.73 Å². The van der Waals surface area contributed by atoms with Crippen LogP contribution in [0.25, 0.3) is 0 Å². The summed E-state index contributed by atoms with van der Waals surface area (Å²) in [4.78, 5) is 0. The molecule has 0 aromatic heterocycles. The van der Waals surface area contributed by atoms with Gasteiger partial charge in [0.25, 0.3) is 5.92 Å². The van der Waals surface area contributed by atoms with Gasteiger partial charge in [-0.05, 0) is 0 Å². The van der Waals surface area contributed by atoms with Crippen molar-refractivity contribution in [2.24, 2.45) is 11.7 Å². The van der Waals surface area contributed by atoms with Crippen LogP contribution in [0, 0.1) is 5.92 Å². The highest BCUT2D eigenvalue weighted by Gasteiger charge is 2.37. The summed E-state index contributed by atoms with van der Waals surface area (Å²) in [6.45, 7) is 1.44. The fourth-order valence-electron chi connectivity index (χ4n) is 1.09. The lowest BCUT2D eigenvalue weighted by Gasteiger charge is -2.22. The summed E-state index contributed by atoms with van der Waals surface area (Å²) in [5, 5.41) is 0. The van der Waals surface area contributed by atoms with E-state index in [2.05, 4.69) is 0 Å². The third-order valence-electron chi connectivity index (χ3n) is 2.13. The lowest BCUT2D eigenvalue weighted by Crippen LogP contribution is -2.29. The fraction of sp³-hybridized carbons (Fsp3) is 0.400. The first-order chi connectivity index (χ1) is 6.09. The van der Waals surface area contributed by atoms with Crippen molar-refractivity contribution < 1.29 is 8.78 Å². The van der Waals surface area contributed by atoms with Crippen molar-refractivity contribution in [3.05, 3.63) is 35.9 Å². The van der Waals surface area contributed by atoms with E-state index in [1.807, 2.05) is 0 Å². The van der Waals surface area contributed by atoms with Gasteiger partial charge in [-0.25, -0.2) is 8.78 Å². The molecule has 3 heteroatoms. The molecule has 0 saturated heterocycles. The lowest BCUT2D eigenvalue weighted by molar-refractivity contribution is -0.0547. The van der Waals surface area contributed by atoms with E-state index in [0.717, 1.165) is 0 Å². The monoisotopic (exact) mass is 185 g/mol. The smallest absolute Gasteiger partial charge is 0.276 e. The van der Waals surface area contributed by atoms with Gasteiger partial charge in [0.05, 0.1) is 0 Å². The summed E-state index contributed by atoms with van der Waals surface area (Å²) in [6, 6.07) is 7.77. The van der Waals surface area contributed by atoms with E-state index in [1.165, 1.54) is 19.1 Å². The van der Waals surface area contributed by atoms with Crippen LogP contribution in [0.3, 0.4) is 0 Å². The van der Waals surface area contributed by atoms with Crippen LogP contribution in [0.15, 0.2) is 30.3 Å². The molecule has 0 heterocycles. The fourth-order valence-corrected chi connectivity index (χ4v) is 1.09. The minimum atomic E-state index is -2.82. The molecule has 2 N–H and O–H groups in total. The second kappa shape index (κ2) is 3.83. The molecule has 1 aromatic rings. The first kappa shape index (κ1) is 10.1. The normalized spacial score (nSPS) is 14.2. The molecule has 72 valence electrons. The Kier molecular flexibility index (Phi) is 2.98. The van der Waals surface area contributed by atoms with Crippen molar-refractivity contribution in [3.8, 4) is 0 Å². The standard InChI is InChI=1S/C10H13F2N/c1-8(7-13)10(11,12)9-5-3-2-4-6-9/h2-6,8H,7,13H2,1H3/t8-/m0/s1. The Hall–Kier alpha value is -0.960. The molecule has 0 amide bonds. The number of benzene rings is 1. The van der Waals surface area contributed by atoms with Crippen molar-refractivity contribution in [1.82, 2.24) is 0 Å². The highest BCUT2D eigenvalue weighted by Crippen LogP contribution is 2.34. The molecule has 0 aliphatic carbocycles. The number of hydrogen-bond donors (Lipinski definition) is 1. The number of alkyl halides is 2. The maximum atomic E-state index is 13.5. The van der Waals surface area contributed by atoms with Gasteiger partial charge >= 0.3 is 0 Å². The molecule has 0 aliphatic rings. The molecule has 0 saturated carbocycles. The molecule has 1 atom stereocenters. The van der Waals surface area contributed by atoms with E-state index >= 15 is 0 Å². The molecule has 1 nitrogen and oxygen atoms in total. The topological polar surface area (TPSA) is 26.0 Å². The van der Waals surface area contributed by atoms with Crippen LogP contribution in [0.4, 0.5) is 8.78 Å². The Morgan fingerprint density at radius 3 is 2.31 bits per heavy atom. The molecule has 0 fully saturated rings. The number of hydrogen-bond acceptors (Lipinski definition) is 1. The summed E-state index contributed by atoms with van der Waals surface area (Å²) in [5.41, 5.74) is 5.25. The quantitative estimate of drug-likeness (QED) is 0.768.